The minimum absolute atomic E-state index is 0.132. The van der Waals surface area contributed by atoms with Gasteiger partial charge in [-0.3, -0.25) is 4.74 Å². The Hall–Kier alpha value is -1.47. The van der Waals surface area contributed by atoms with Gasteiger partial charge in [-0.05, 0) is 37.2 Å². The molecule has 0 bridgehead atoms. The first kappa shape index (κ1) is 15.9. The fraction of sp³-hybridized carbons (Fsp3) is 0.571. The molecule has 1 aliphatic heterocycles. The second kappa shape index (κ2) is 7.51. The van der Waals surface area contributed by atoms with Crippen molar-refractivity contribution in [2.75, 3.05) is 44.3 Å². The SMILES string of the molecule is FC(F)(F)OCCOc1ccc(N2CCCNCC2)cc1. The Kier molecular flexibility index (Phi) is 5.69. The fourth-order valence-electron chi connectivity index (χ4n) is 2.17. The van der Waals surface area contributed by atoms with Crippen molar-refractivity contribution in [3.63, 3.8) is 0 Å². The van der Waals surface area contributed by atoms with Gasteiger partial charge in [0.15, 0.2) is 0 Å². The Balaban J connectivity index is 1.78. The Morgan fingerprint density at radius 3 is 2.52 bits per heavy atom. The van der Waals surface area contributed by atoms with Crippen LogP contribution in [0.5, 0.6) is 5.75 Å². The number of nitrogens with one attached hydrogen (secondary N) is 1. The molecule has 2 rings (SSSR count). The first-order valence-corrected chi connectivity index (χ1v) is 6.94. The minimum atomic E-state index is -4.60. The Morgan fingerprint density at radius 2 is 1.81 bits per heavy atom. The number of alkyl halides is 3. The third kappa shape index (κ3) is 5.81. The van der Waals surface area contributed by atoms with Gasteiger partial charge in [-0.15, -0.1) is 13.2 Å². The second-order valence-electron chi connectivity index (χ2n) is 4.73. The van der Waals surface area contributed by atoms with E-state index in [0.29, 0.717) is 5.75 Å². The third-order valence-electron chi connectivity index (χ3n) is 3.16. The lowest BCUT2D eigenvalue weighted by molar-refractivity contribution is -0.325. The highest BCUT2D eigenvalue weighted by Gasteiger charge is 2.28. The van der Waals surface area contributed by atoms with E-state index in [1.165, 1.54) is 0 Å². The van der Waals surface area contributed by atoms with Crippen LogP contribution in [0.1, 0.15) is 6.42 Å². The predicted octanol–water partition coefficient (Wildman–Crippen LogP) is 2.40. The van der Waals surface area contributed by atoms with Crippen LogP contribution in [-0.2, 0) is 4.74 Å². The van der Waals surface area contributed by atoms with E-state index in [2.05, 4.69) is 15.0 Å². The molecule has 1 fully saturated rings. The van der Waals surface area contributed by atoms with E-state index in [1.807, 2.05) is 12.1 Å². The maximum atomic E-state index is 11.8. The molecule has 118 valence electrons. The van der Waals surface area contributed by atoms with E-state index in [9.17, 15) is 13.2 Å². The summed E-state index contributed by atoms with van der Waals surface area (Å²) in [6.07, 6.45) is -3.51. The van der Waals surface area contributed by atoms with E-state index >= 15 is 0 Å². The zero-order valence-corrected chi connectivity index (χ0v) is 11.7. The molecule has 4 nitrogen and oxygen atoms in total. The molecular formula is C14H19F3N2O2. The smallest absolute Gasteiger partial charge is 0.491 e. The van der Waals surface area contributed by atoms with Crippen molar-refractivity contribution in [2.24, 2.45) is 0 Å². The fourth-order valence-corrected chi connectivity index (χ4v) is 2.17. The molecule has 0 radical (unpaired) electrons. The number of rotatable bonds is 5. The molecule has 7 heteroatoms. The average molecular weight is 304 g/mol. The summed E-state index contributed by atoms with van der Waals surface area (Å²) >= 11 is 0. The standard InChI is InChI=1S/C14H19F3N2O2/c15-14(16,17)21-11-10-20-13-4-2-12(3-5-13)19-8-1-6-18-7-9-19/h2-5,18H,1,6-11H2. The van der Waals surface area contributed by atoms with Crippen molar-refractivity contribution in [1.29, 1.82) is 0 Å². The third-order valence-corrected chi connectivity index (χ3v) is 3.16. The molecule has 1 aromatic carbocycles. The molecule has 1 heterocycles. The van der Waals surface area contributed by atoms with Crippen molar-refractivity contribution in [1.82, 2.24) is 5.32 Å². The summed E-state index contributed by atoms with van der Waals surface area (Å²) in [6.45, 7) is 3.27. The van der Waals surface area contributed by atoms with Crippen LogP contribution in [0.15, 0.2) is 24.3 Å². The molecule has 1 N–H and O–H groups in total. The summed E-state index contributed by atoms with van der Waals surface area (Å²) in [5.74, 6) is 0.539. The largest absolute Gasteiger partial charge is 0.522 e. The van der Waals surface area contributed by atoms with Gasteiger partial charge in [-0.1, -0.05) is 0 Å². The molecule has 0 aliphatic carbocycles. The van der Waals surface area contributed by atoms with Gasteiger partial charge in [0.25, 0.3) is 0 Å². The number of ether oxygens (including phenoxy) is 2. The van der Waals surface area contributed by atoms with Crippen LogP contribution in [0.3, 0.4) is 0 Å². The zero-order chi connectivity index (χ0) is 15.1. The lowest BCUT2D eigenvalue weighted by atomic mass is 10.2. The molecule has 0 amide bonds. The van der Waals surface area contributed by atoms with Crippen LogP contribution < -0.4 is 15.0 Å². The lowest BCUT2D eigenvalue weighted by Crippen LogP contribution is -2.27. The highest BCUT2D eigenvalue weighted by atomic mass is 19.4. The molecule has 0 saturated carbocycles. The molecule has 1 saturated heterocycles. The van der Waals surface area contributed by atoms with E-state index < -0.39 is 13.0 Å². The van der Waals surface area contributed by atoms with Gasteiger partial charge in [0.2, 0.25) is 0 Å². The number of hydrogen-bond acceptors (Lipinski definition) is 4. The maximum absolute atomic E-state index is 11.8. The van der Waals surface area contributed by atoms with Crippen LogP contribution in [0, 0.1) is 0 Å². The molecule has 1 aromatic rings. The molecule has 1 aliphatic rings. The number of nitrogens with zero attached hydrogens (tertiary/aromatic N) is 1. The molecule has 21 heavy (non-hydrogen) atoms. The Labute approximate surface area is 121 Å². The molecule has 0 spiro atoms. The maximum Gasteiger partial charge on any atom is 0.522 e. The van der Waals surface area contributed by atoms with E-state index in [4.69, 9.17) is 4.74 Å². The normalized spacial score (nSPS) is 16.6. The lowest BCUT2D eigenvalue weighted by Gasteiger charge is -2.22. The summed E-state index contributed by atoms with van der Waals surface area (Å²) in [4.78, 5) is 2.27. The summed E-state index contributed by atoms with van der Waals surface area (Å²) < 4.78 is 44.2. The van der Waals surface area contributed by atoms with Gasteiger partial charge in [-0.25, -0.2) is 0 Å². The average Bonchev–Trinajstić information content (AvgIpc) is 2.72. The number of halogens is 3. The van der Waals surface area contributed by atoms with Crippen molar-refractivity contribution in [3.05, 3.63) is 24.3 Å². The highest BCUT2D eigenvalue weighted by molar-refractivity contribution is 5.49. The minimum Gasteiger partial charge on any atom is -0.491 e. The molecular weight excluding hydrogens is 285 g/mol. The molecule has 0 unspecified atom stereocenters. The van der Waals surface area contributed by atoms with Crippen LogP contribution in [-0.4, -0.2) is 45.8 Å². The summed E-state index contributed by atoms with van der Waals surface area (Å²) in [5, 5.41) is 3.33. The van der Waals surface area contributed by atoms with Crippen molar-refractivity contribution < 1.29 is 22.6 Å². The molecule has 0 aromatic heterocycles. The van der Waals surface area contributed by atoms with Crippen LogP contribution >= 0.6 is 0 Å². The zero-order valence-electron chi connectivity index (χ0n) is 11.7. The van der Waals surface area contributed by atoms with Gasteiger partial charge in [-0.2, -0.15) is 0 Å². The second-order valence-corrected chi connectivity index (χ2v) is 4.73. The van der Waals surface area contributed by atoms with Crippen LogP contribution in [0.4, 0.5) is 18.9 Å². The summed E-state index contributed by atoms with van der Waals surface area (Å²) in [5.41, 5.74) is 1.09. The monoisotopic (exact) mass is 304 g/mol. The van der Waals surface area contributed by atoms with Gasteiger partial charge >= 0.3 is 6.36 Å². The number of anilines is 1. The van der Waals surface area contributed by atoms with Gasteiger partial charge < -0.3 is 15.0 Å². The van der Waals surface area contributed by atoms with E-state index in [-0.39, 0.29) is 6.61 Å². The van der Waals surface area contributed by atoms with Gasteiger partial charge in [0.1, 0.15) is 12.4 Å². The summed E-state index contributed by atoms with van der Waals surface area (Å²) in [6, 6.07) is 7.37. The van der Waals surface area contributed by atoms with Crippen LogP contribution in [0.2, 0.25) is 0 Å². The van der Waals surface area contributed by atoms with E-state index in [0.717, 1.165) is 38.3 Å². The number of benzene rings is 1. The van der Waals surface area contributed by atoms with E-state index in [1.54, 1.807) is 12.1 Å². The highest BCUT2D eigenvalue weighted by Crippen LogP contribution is 2.20. The number of hydrogen-bond donors (Lipinski definition) is 1. The predicted molar refractivity (Wildman–Crippen MR) is 73.6 cm³/mol. The quantitative estimate of drug-likeness (QED) is 0.847. The summed E-state index contributed by atoms with van der Waals surface area (Å²) in [7, 11) is 0. The van der Waals surface area contributed by atoms with Gasteiger partial charge in [0.05, 0.1) is 6.61 Å². The van der Waals surface area contributed by atoms with Crippen molar-refractivity contribution in [3.8, 4) is 5.75 Å². The Bertz CT molecular complexity index is 415. The van der Waals surface area contributed by atoms with Crippen LogP contribution in [0.25, 0.3) is 0 Å². The first-order chi connectivity index (χ1) is 10.0. The van der Waals surface area contributed by atoms with Gasteiger partial charge in [0, 0.05) is 25.3 Å². The Morgan fingerprint density at radius 1 is 1.05 bits per heavy atom. The van der Waals surface area contributed by atoms with Crippen molar-refractivity contribution >= 4 is 5.69 Å². The first-order valence-electron chi connectivity index (χ1n) is 6.94. The van der Waals surface area contributed by atoms with Crippen molar-refractivity contribution in [2.45, 2.75) is 12.8 Å². The molecule has 0 atom stereocenters. The topological polar surface area (TPSA) is 33.7 Å².